The first-order valence-corrected chi connectivity index (χ1v) is 7.42. The Morgan fingerprint density at radius 1 is 1.09 bits per heavy atom. The van der Waals surface area contributed by atoms with E-state index in [4.69, 9.17) is 0 Å². The van der Waals surface area contributed by atoms with Gasteiger partial charge in [-0.2, -0.15) is 0 Å². The Morgan fingerprint density at radius 2 is 1.77 bits per heavy atom. The van der Waals surface area contributed by atoms with Gasteiger partial charge in [-0.1, -0.05) is 12.1 Å². The van der Waals surface area contributed by atoms with Crippen LogP contribution >= 0.6 is 0 Å². The van der Waals surface area contributed by atoms with Crippen molar-refractivity contribution in [3.8, 4) is 0 Å². The lowest BCUT2D eigenvalue weighted by atomic mass is 9.97. The summed E-state index contributed by atoms with van der Waals surface area (Å²) >= 11 is 0. The fourth-order valence-electron chi connectivity index (χ4n) is 2.42. The summed E-state index contributed by atoms with van der Waals surface area (Å²) < 4.78 is 0. The average Bonchev–Trinajstić information content (AvgIpc) is 2.52. The Labute approximate surface area is 129 Å². The molecule has 118 valence electrons. The first-order chi connectivity index (χ1) is 10.5. The van der Waals surface area contributed by atoms with Gasteiger partial charge in [-0.3, -0.25) is 19.7 Å². The molecule has 1 aliphatic rings. The molecular formula is C16H21N3O3. The number of rotatable bonds is 2. The zero-order valence-corrected chi connectivity index (χ0v) is 12.9. The Bertz CT molecular complexity index is 592. The molecule has 3 amide bonds. The molecule has 1 aromatic rings. The van der Waals surface area contributed by atoms with Crippen LogP contribution in [0.15, 0.2) is 18.2 Å². The van der Waals surface area contributed by atoms with E-state index < -0.39 is 11.8 Å². The van der Waals surface area contributed by atoms with E-state index >= 15 is 0 Å². The molecule has 1 heterocycles. The monoisotopic (exact) mass is 303 g/mol. The lowest BCUT2D eigenvalue weighted by Gasteiger charge is -2.21. The van der Waals surface area contributed by atoms with E-state index in [1.807, 2.05) is 19.9 Å². The summed E-state index contributed by atoms with van der Waals surface area (Å²) in [5.41, 5.74) is 2.49. The molecule has 0 saturated carbocycles. The lowest BCUT2D eigenvalue weighted by Crippen LogP contribution is -2.44. The van der Waals surface area contributed by atoms with Crippen molar-refractivity contribution >= 4 is 23.4 Å². The minimum atomic E-state index is -0.913. The molecule has 0 aromatic heterocycles. The number of amides is 3. The largest absolute Gasteiger partial charge is 0.318 e. The minimum absolute atomic E-state index is 0.210. The second kappa shape index (κ2) is 7.17. The fourth-order valence-corrected chi connectivity index (χ4v) is 2.42. The molecule has 2 rings (SSSR count). The molecular weight excluding hydrogens is 282 g/mol. The number of nitrogens with one attached hydrogen (secondary N) is 3. The third-order valence-electron chi connectivity index (χ3n) is 4.01. The zero-order valence-electron chi connectivity index (χ0n) is 12.9. The highest BCUT2D eigenvalue weighted by molar-refractivity contribution is 6.42. The van der Waals surface area contributed by atoms with Crippen LogP contribution in [0.5, 0.6) is 0 Å². The maximum atomic E-state index is 11.9. The van der Waals surface area contributed by atoms with Crippen LogP contribution in [0.4, 0.5) is 5.69 Å². The van der Waals surface area contributed by atoms with Crippen molar-refractivity contribution in [2.45, 2.75) is 26.7 Å². The molecule has 1 aliphatic heterocycles. The van der Waals surface area contributed by atoms with Crippen LogP contribution < -0.4 is 16.0 Å². The maximum absolute atomic E-state index is 11.9. The van der Waals surface area contributed by atoms with Crippen LogP contribution in [0.1, 0.15) is 24.0 Å². The number of hydrogen-bond donors (Lipinski definition) is 3. The van der Waals surface area contributed by atoms with Gasteiger partial charge in [0.05, 0.1) is 0 Å². The second-order valence-electron chi connectivity index (χ2n) is 5.54. The molecule has 0 bridgehead atoms. The molecule has 3 N–H and O–H groups in total. The summed E-state index contributed by atoms with van der Waals surface area (Å²) in [5.74, 6) is -2.32. The molecule has 1 saturated heterocycles. The third kappa shape index (κ3) is 3.92. The van der Waals surface area contributed by atoms with E-state index in [9.17, 15) is 14.4 Å². The van der Waals surface area contributed by atoms with Gasteiger partial charge in [0, 0.05) is 11.6 Å². The Balaban J connectivity index is 1.93. The summed E-state index contributed by atoms with van der Waals surface area (Å²) in [6, 6.07) is 5.45. The molecule has 1 aromatic carbocycles. The van der Waals surface area contributed by atoms with Crippen LogP contribution in [0.2, 0.25) is 0 Å². The normalized spacial score (nSPS) is 15.2. The van der Waals surface area contributed by atoms with Crippen LogP contribution in [0.25, 0.3) is 0 Å². The van der Waals surface area contributed by atoms with E-state index in [1.165, 1.54) is 0 Å². The van der Waals surface area contributed by atoms with Gasteiger partial charge in [0.2, 0.25) is 5.91 Å². The van der Waals surface area contributed by atoms with E-state index in [-0.39, 0.29) is 11.8 Å². The van der Waals surface area contributed by atoms with Crippen molar-refractivity contribution in [1.29, 1.82) is 0 Å². The van der Waals surface area contributed by atoms with Crippen LogP contribution in [0.3, 0.4) is 0 Å². The van der Waals surface area contributed by atoms with E-state index in [0.717, 1.165) is 24.2 Å². The fraction of sp³-hybridized carbons (Fsp3) is 0.438. The number of aryl methyl sites for hydroxylation is 1. The molecule has 22 heavy (non-hydrogen) atoms. The maximum Gasteiger partial charge on any atom is 0.316 e. The van der Waals surface area contributed by atoms with Gasteiger partial charge in [0.1, 0.15) is 0 Å². The second-order valence-corrected chi connectivity index (χ2v) is 5.54. The number of carbonyl (C=O) groups is 3. The molecule has 0 unspecified atom stereocenters. The highest BCUT2D eigenvalue weighted by atomic mass is 16.2. The molecule has 0 radical (unpaired) electrons. The van der Waals surface area contributed by atoms with Crippen molar-refractivity contribution in [2.75, 3.05) is 18.4 Å². The van der Waals surface area contributed by atoms with Crippen molar-refractivity contribution in [3.63, 3.8) is 0 Å². The summed E-state index contributed by atoms with van der Waals surface area (Å²) in [7, 11) is 0. The first kappa shape index (κ1) is 16.2. The van der Waals surface area contributed by atoms with E-state index in [0.29, 0.717) is 18.5 Å². The van der Waals surface area contributed by atoms with E-state index in [1.54, 1.807) is 12.1 Å². The van der Waals surface area contributed by atoms with Crippen LogP contribution in [-0.4, -0.2) is 30.8 Å². The number of piperidine rings is 1. The molecule has 0 aliphatic carbocycles. The first-order valence-electron chi connectivity index (χ1n) is 7.42. The van der Waals surface area contributed by atoms with Crippen molar-refractivity contribution in [1.82, 2.24) is 10.6 Å². The van der Waals surface area contributed by atoms with Gasteiger partial charge in [-0.15, -0.1) is 0 Å². The minimum Gasteiger partial charge on any atom is -0.318 e. The molecule has 1 fully saturated rings. The molecule has 6 nitrogen and oxygen atoms in total. The number of hydrogen-bond acceptors (Lipinski definition) is 4. The average molecular weight is 303 g/mol. The summed E-state index contributed by atoms with van der Waals surface area (Å²) in [6.07, 6.45) is 1.36. The van der Waals surface area contributed by atoms with Gasteiger partial charge in [-0.25, -0.2) is 0 Å². The van der Waals surface area contributed by atoms with Crippen molar-refractivity contribution < 1.29 is 14.4 Å². The number of anilines is 1. The zero-order chi connectivity index (χ0) is 16.1. The summed E-state index contributed by atoms with van der Waals surface area (Å²) in [6.45, 7) is 5.29. The predicted molar refractivity (Wildman–Crippen MR) is 83.3 cm³/mol. The smallest absolute Gasteiger partial charge is 0.316 e. The van der Waals surface area contributed by atoms with Gasteiger partial charge in [-0.05, 0) is 57.0 Å². The molecule has 6 heteroatoms. The SMILES string of the molecule is Cc1cccc(NC(=O)C(=O)NC(=O)C2CCNCC2)c1C. The number of imide groups is 1. The van der Waals surface area contributed by atoms with Gasteiger partial charge in [0.25, 0.3) is 0 Å². The van der Waals surface area contributed by atoms with Gasteiger partial charge < -0.3 is 10.6 Å². The third-order valence-corrected chi connectivity index (χ3v) is 4.01. The van der Waals surface area contributed by atoms with Crippen LogP contribution in [-0.2, 0) is 14.4 Å². The quantitative estimate of drug-likeness (QED) is 0.708. The molecule has 0 atom stereocenters. The standard InChI is InChI=1S/C16H21N3O3/c1-10-4-3-5-13(11(10)2)18-15(21)16(22)19-14(20)12-6-8-17-9-7-12/h3-5,12,17H,6-9H2,1-2H3,(H,18,21)(H,19,20,22). The highest BCUT2D eigenvalue weighted by Gasteiger charge is 2.25. The topological polar surface area (TPSA) is 87.3 Å². The van der Waals surface area contributed by atoms with E-state index in [2.05, 4.69) is 16.0 Å². The Morgan fingerprint density at radius 3 is 2.45 bits per heavy atom. The molecule has 0 spiro atoms. The van der Waals surface area contributed by atoms with Gasteiger partial charge >= 0.3 is 11.8 Å². The predicted octanol–water partition coefficient (Wildman–Crippen LogP) is 0.884. The van der Waals surface area contributed by atoms with Crippen molar-refractivity contribution in [3.05, 3.63) is 29.3 Å². The number of carbonyl (C=O) groups excluding carboxylic acids is 3. The van der Waals surface area contributed by atoms with Crippen molar-refractivity contribution in [2.24, 2.45) is 5.92 Å². The van der Waals surface area contributed by atoms with Crippen LogP contribution in [0, 0.1) is 19.8 Å². The Hall–Kier alpha value is -2.21. The summed E-state index contributed by atoms with van der Waals surface area (Å²) in [5, 5.41) is 7.88. The number of benzene rings is 1. The summed E-state index contributed by atoms with van der Waals surface area (Å²) in [4.78, 5) is 35.7. The highest BCUT2D eigenvalue weighted by Crippen LogP contribution is 2.17. The lowest BCUT2D eigenvalue weighted by molar-refractivity contribution is -0.141. The Kier molecular flexibility index (Phi) is 5.27. The van der Waals surface area contributed by atoms with Gasteiger partial charge in [0.15, 0.2) is 0 Å².